The molecule has 0 amide bonds. The summed E-state index contributed by atoms with van der Waals surface area (Å²) in [5.74, 6) is -4.57. The number of carboxylic acid groups (broad SMARTS) is 4. The number of carbonyl (C=O) groups is 4. The number of nitrogens with zero attached hydrogens (tertiary/aromatic N) is 4. The number of hydrogen-bond acceptors (Lipinski definition) is 9. The molecule has 1 rings (SSSR count). The van der Waals surface area contributed by atoms with Gasteiger partial charge in [-0.25, -0.2) is 0 Å². The van der Waals surface area contributed by atoms with Gasteiger partial charge in [0.2, 0.25) is 0 Å². The Bertz CT molecular complexity index is 843. The molecule has 0 spiro atoms. The highest BCUT2D eigenvalue weighted by atomic mass is 32.2. The maximum atomic E-state index is 11.3. The summed E-state index contributed by atoms with van der Waals surface area (Å²) in [6.45, 7) is -0.862. The number of benzene rings is 1. The lowest BCUT2D eigenvalue weighted by atomic mass is 10.2. The molecule has 0 aliphatic carbocycles. The van der Waals surface area contributed by atoms with Gasteiger partial charge in [-0.05, 0) is 29.5 Å². The van der Waals surface area contributed by atoms with E-state index in [0.29, 0.717) is 0 Å². The molecule has 0 saturated carbocycles. The molecule has 0 unspecified atom stereocenters. The quantitative estimate of drug-likeness (QED) is 0.172. The summed E-state index contributed by atoms with van der Waals surface area (Å²) in [7, 11) is 0. The van der Waals surface area contributed by atoms with E-state index < -0.39 is 37.0 Å². The number of hydrogen-bond donors (Lipinski definition) is 4. The lowest BCUT2D eigenvalue weighted by molar-refractivity contribution is -0.143. The predicted octanol–water partition coefficient (Wildman–Crippen LogP) is 0.00418. The summed E-state index contributed by atoms with van der Waals surface area (Å²) in [6.07, 6.45) is 0. The van der Waals surface area contributed by atoms with Crippen LogP contribution in [0.4, 0.5) is 0 Å². The molecule has 0 aromatic heterocycles. The Morgan fingerprint density at radius 1 is 0.697 bits per heavy atom. The zero-order valence-corrected chi connectivity index (χ0v) is 18.6. The van der Waals surface area contributed by atoms with Crippen molar-refractivity contribution < 1.29 is 39.6 Å². The van der Waals surface area contributed by atoms with Crippen molar-refractivity contribution in [3.8, 4) is 5.40 Å². The largest absolute Gasteiger partial charge is 0.480 e. The minimum Gasteiger partial charge on any atom is -0.480 e. The molecule has 33 heavy (non-hydrogen) atoms. The van der Waals surface area contributed by atoms with Crippen molar-refractivity contribution in [1.29, 1.82) is 5.26 Å². The fraction of sp³-hybridized carbons (Fsp3) is 0.450. The van der Waals surface area contributed by atoms with Crippen LogP contribution in [0.5, 0.6) is 0 Å². The fourth-order valence-electron chi connectivity index (χ4n) is 3.00. The Labute approximate surface area is 194 Å². The molecule has 0 saturated heterocycles. The average molecular weight is 483 g/mol. The first-order valence-electron chi connectivity index (χ1n) is 9.78. The van der Waals surface area contributed by atoms with Crippen molar-refractivity contribution in [3.05, 3.63) is 29.8 Å². The van der Waals surface area contributed by atoms with E-state index >= 15 is 0 Å². The molecule has 1 aromatic rings. The standard InChI is InChI=1S/C20H26N4O8S/c21-14-33-16-3-1-15(2-4-16)9-23(11-18(27)28)7-5-22(10-17(25)26)6-8-24(12-19(29)30)13-20(31)32/h1-4H,5-13H2,(H,25,26)(H,27,28)(H,29,30)(H,31,32). The van der Waals surface area contributed by atoms with Crippen LogP contribution in [0.15, 0.2) is 29.2 Å². The number of aliphatic carboxylic acids is 4. The third-order valence-corrected chi connectivity index (χ3v) is 4.99. The second kappa shape index (κ2) is 14.8. The van der Waals surface area contributed by atoms with E-state index in [4.69, 9.17) is 15.5 Å². The first kappa shape index (κ1) is 27.9. The SMILES string of the molecule is N#CSc1ccc(CN(CCN(CCN(CC(=O)O)CC(=O)O)CC(=O)O)CC(=O)O)cc1. The Hall–Kier alpha value is -3.18. The third-order valence-electron chi connectivity index (χ3n) is 4.39. The minimum atomic E-state index is -1.20. The predicted molar refractivity (Wildman–Crippen MR) is 117 cm³/mol. The molecule has 12 nitrogen and oxygen atoms in total. The first-order chi connectivity index (χ1) is 15.6. The molecule has 0 atom stereocenters. The number of nitriles is 1. The first-order valence-corrected chi connectivity index (χ1v) is 10.6. The molecule has 0 aliphatic rings. The molecule has 1 aromatic carbocycles. The van der Waals surface area contributed by atoms with Gasteiger partial charge in [-0.1, -0.05) is 12.1 Å². The van der Waals surface area contributed by atoms with Gasteiger partial charge in [0.25, 0.3) is 0 Å². The van der Waals surface area contributed by atoms with E-state index in [-0.39, 0.29) is 45.8 Å². The summed E-state index contributed by atoms with van der Waals surface area (Å²) >= 11 is 1.01. The Kier molecular flexibility index (Phi) is 12.5. The normalized spacial score (nSPS) is 11.0. The van der Waals surface area contributed by atoms with E-state index in [1.54, 1.807) is 29.2 Å². The molecular weight excluding hydrogens is 456 g/mol. The highest BCUT2D eigenvalue weighted by molar-refractivity contribution is 8.03. The zero-order valence-electron chi connectivity index (χ0n) is 17.8. The van der Waals surface area contributed by atoms with E-state index in [1.165, 1.54) is 9.80 Å². The van der Waals surface area contributed by atoms with Crippen LogP contribution >= 0.6 is 11.8 Å². The number of carboxylic acids is 4. The van der Waals surface area contributed by atoms with Gasteiger partial charge in [0.15, 0.2) is 0 Å². The monoisotopic (exact) mass is 482 g/mol. The molecule has 0 aliphatic heterocycles. The van der Waals surface area contributed by atoms with Crippen LogP contribution in [0, 0.1) is 10.7 Å². The van der Waals surface area contributed by atoms with Crippen molar-refractivity contribution >= 4 is 35.6 Å². The highest BCUT2D eigenvalue weighted by Crippen LogP contribution is 2.17. The van der Waals surface area contributed by atoms with Gasteiger partial charge < -0.3 is 20.4 Å². The van der Waals surface area contributed by atoms with Crippen LogP contribution in [-0.2, 0) is 25.7 Å². The van der Waals surface area contributed by atoms with Crippen molar-refractivity contribution in [1.82, 2.24) is 14.7 Å². The molecule has 13 heteroatoms. The van der Waals surface area contributed by atoms with Crippen molar-refractivity contribution in [2.24, 2.45) is 0 Å². The van der Waals surface area contributed by atoms with E-state index in [9.17, 15) is 29.4 Å². The summed E-state index contributed by atoms with van der Waals surface area (Å²) in [4.78, 5) is 49.4. The van der Waals surface area contributed by atoms with Crippen molar-refractivity contribution in [2.75, 3.05) is 52.4 Å². The average Bonchev–Trinajstić information content (AvgIpc) is 2.69. The van der Waals surface area contributed by atoms with Crippen LogP contribution < -0.4 is 0 Å². The Morgan fingerprint density at radius 2 is 1.09 bits per heavy atom. The van der Waals surface area contributed by atoms with Gasteiger partial charge in [-0.15, -0.1) is 0 Å². The van der Waals surface area contributed by atoms with E-state index in [0.717, 1.165) is 22.2 Å². The Balaban J connectivity index is 2.79. The van der Waals surface area contributed by atoms with Crippen molar-refractivity contribution in [3.63, 3.8) is 0 Å². The van der Waals surface area contributed by atoms with Crippen LogP contribution in [0.2, 0.25) is 0 Å². The maximum Gasteiger partial charge on any atom is 0.317 e. The minimum absolute atomic E-state index is 0.0167. The highest BCUT2D eigenvalue weighted by Gasteiger charge is 2.18. The lowest BCUT2D eigenvalue weighted by Crippen LogP contribution is -2.44. The molecular formula is C20H26N4O8S. The van der Waals surface area contributed by atoms with E-state index in [1.807, 2.05) is 5.40 Å². The fourth-order valence-corrected chi connectivity index (χ4v) is 3.38. The number of rotatable bonds is 17. The maximum absolute atomic E-state index is 11.3. The topological polar surface area (TPSA) is 183 Å². The van der Waals surface area contributed by atoms with Gasteiger partial charge in [-0.2, -0.15) is 5.26 Å². The van der Waals surface area contributed by atoms with Gasteiger partial charge >= 0.3 is 23.9 Å². The van der Waals surface area contributed by atoms with Crippen LogP contribution in [0.3, 0.4) is 0 Å². The number of thioether (sulfide) groups is 1. The van der Waals surface area contributed by atoms with Crippen LogP contribution in [0.1, 0.15) is 5.56 Å². The van der Waals surface area contributed by atoms with Gasteiger partial charge in [0, 0.05) is 37.6 Å². The molecule has 0 heterocycles. The smallest absolute Gasteiger partial charge is 0.317 e. The van der Waals surface area contributed by atoms with Gasteiger partial charge in [-0.3, -0.25) is 33.9 Å². The van der Waals surface area contributed by atoms with Gasteiger partial charge in [0.05, 0.1) is 26.2 Å². The summed E-state index contributed by atoms with van der Waals surface area (Å²) < 4.78 is 0. The second-order valence-electron chi connectivity index (χ2n) is 7.11. The summed E-state index contributed by atoms with van der Waals surface area (Å²) in [5.41, 5.74) is 0.817. The number of thiocyanates is 1. The second-order valence-corrected chi connectivity index (χ2v) is 7.97. The molecule has 0 fully saturated rings. The van der Waals surface area contributed by atoms with Gasteiger partial charge in [0.1, 0.15) is 5.40 Å². The molecule has 4 N–H and O–H groups in total. The third kappa shape index (κ3) is 13.1. The summed E-state index contributed by atoms with van der Waals surface area (Å²) in [6, 6.07) is 7.05. The molecule has 0 radical (unpaired) electrons. The molecule has 180 valence electrons. The van der Waals surface area contributed by atoms with Crippen LogP contribution in [-0.4, -0.2) is 111 Å². The lowest BCUT2D eigenvalue weighted by Gasteiger charge is -2.28. The molecule has 0 bridgehead atoms. The van der Waals surface area contributed by atoms with Crippen molar-refractivity contribution in [2.45, 2.75) is 11.4 Å². The summed E-state index contributed by atoms with van der Waals surface area (Å²) in [5, 5.41) is 46.9. The zero-order chi connectivity index (χ0) is 24.8. The Morgan fingerprint density at radius 3 is 1.55 bits per heavy atom. The van der Waals surface area contributed by atoms with E-state index in [2.05, 4.69) is 0 Å². The van der Waals surface area contributed by atoms with Crippen LogP contribution in [0.25, 0.3) is 0 Å².